The highest BCUT2D eigenvalue weighted by Gasteiger charge is 2.11. The number of carbonyl (C=O) groups excluding carboxylic acids is 2. The van der Waals surface area contributed by atoms with Crippen LogP contribution >= 0.6 is 11.8 Å². The van der Waals surface area contributed by atoms with Crippen molar-refractivity contribution in [3.05, 3.63) is 53.6 Å². The second-order valence-electron chi connectivity index (χ2n) is 5.70. The third-order valence-corrected chi connectivity index (χ3v) is 4.65. The number of thioether (sulfide) groups is 1. The average Bonchev–Trinajstić information content (AvgIpc) is 2.62. The summed E-state index contributed by atoms with van der Waals surface area (Å²) in [6.45, 7) is 6.04. The van der Waals surface area contributed by atoms with E-state index in [2.05, 4.69) is 5.32 Å². The molecule has 0 aliphatic carbocycles. The molecule has 1 amide bonds. The van der Waals surface area contributed by atoms with E-state index in [-0.39, 0.29) is 12.4 Å². The van der Waals surface area contributed by atoms with Crippen LogP contribution in [-0.4, -0.2) is 30.8 Å². The number of nitrogens with one attached hydrogen (secondary N) is 1. The first-order valence-electron chi connectivity index (χ1n) is 8.37. The van der Waals surface area contributed by atoms with Crippen molar-refractivity contribution in [2.45, 2.75) is 25.7 Å². The van der Waals surface area contributed by atoms with Crippen molar-refractivity contribution in [3.8, 4) is 5.75 Å². The Morgan fingerprint density at radius 2 is 1.88 bits per heavy atom. The molecule has 0 saturated heterocycles. The number of anilines is 1. The van der Waals surface area contributed by atoms with Gasteiger partial charge in [0.25, 0.3) is 5.91 Å². The van der Waals surface area contributed by atoms with Gasteiger partial charge in [0.1, 0.15) is 5.75 Å². The highest BCUT2D eigenvalue weighted by molar-refractivity contribution is 8.00. The number of para-hydroxylation sites is 2. The molecule has 0 aliphatic heterocycles. The van der Waals surface area contributed by atoms with Gasteiger partial charge in [-0.15, -0.1) is 11.8 Å². The number of rotatable bonds is 8. The molecule has 1 N–H and O–H groups in total. The summed E-state index contributed by atoms with van der Waals surface area (Å²) in [5.41, 5.74) is 2.80. The third kappa shape index (κ3) is 6.11. The Bertz CT molecular complexity index is 776. The summed E-state index contributed by atoms with van der Waals surface area (Å²) < 4.78 is 10.5. The number of carbonyl (C=O) groups is 2. The number of amides is 1. The minimum Gasteiger partial charge on any atom is -0.492 e. The number of esters is 1. The maximum absolute atomic E-state index is 12.0. The molecule has 6 heteroatoms. The van der Waals surface area contributed by atoms with Gasteiger partial charge >= 0.3 is 5.97 Å². The first-order chi connectivity index (χ1) is 12.5. The van der Waals surface area contributed by atoms with Crippen molar-refractivity contribution in [1.29, 1.82) is 0 Å². The van der Waals surface area contributed by atoms with Gasteiger partial charge in [-0.2, -0.15) is 0 Å². The maximum Gasteiger partial charge on any atom is 0.316 e. The molecule has 2 aromatic rings. The summed E-state index contributed by atoms with van der Waals surface area (Å²) >= 11 is 1.41. The molecular weight excluding hydrogens is 350 g/mol. The van der Waals surface area contributed by atoms with Gasteiger partial charge < -0.3 is 14.8 Å². The Hall–Kier alpha value is -2.47. The number of hydrogen-bond acceptors (Lipinski definition) is 5. The maximum atomic E-state index is 12.0. The van der Waals surface area contributed by atoms with Crippen LogP contribution in [0.3, 0.4) is 0 Å². The van der Waals surface area contributed by atoms with Crippen LogP contribution in [0.5, 0.6) is 5.75 Å². The number of benzene rings is 2. The second-order valence-corrected chi connectivity index (χ2v) is 6.71. The van der Waals surface area contributed by atoms with Crippen LogP contribution in [0.15, 0.2) is 47.4 Å². The Labute approximate surface area is 158 Å². The molecule has 0 aromatic heterocycles. The summed E-state index contributed by atoms with van der Waals surface area (Å²) in [5.74, 6) is -0.0841. The lowest BCUT2D eigenvalue weighted by molar-refractivity contribution is -0.144. The number of aryl methyl sites for hydroxylation is 2. The highest BCUT2D eigenvalue weighted by atomic mass is 32.2. The van der Waals surface area contributed by atoms with Gasteiger partial charge in [0.05, 0.1) is 18.0 Å². The van der Waals surface area contributed by atoms with Crippen molar-refractivity contribution in [2.75, 3.05) is 24.3 Å². The molecule has 0 atom stereocenters. The zero-order valence-corrected chi connectivity index (χ0v) is 16.0. The molecule has 0 aliphatic rings. The van der Waals surface area contributed by atoms with Crippen LogP contribution in [0, 0.1) is 13.8 Å². The van der Waals surface area contributed by atoms with Crippen LogP contribution in [0.4, 0.5) is 5.69 Å². The summed E-state index contributed by atoms with van der Waals surface area (Å²) in [6, 6.07) is 13.2. The van der Waals surface area contributed by atoms with E-state index in [1.807, 2.05) is 45.0 Å². The minimum absolute atomic E-state index is 0.160. The fraction of sp³-hybridized carbons (Fsp3) is 0.300. The Kier molecular flexibility index (Phi) is 7.53. The normalized spacial score (nSPS) is 10.3. The summed E-state index contributed by atoms with van der Waals surface area (Å²) in [4.78, 5) is 24.9. The molecule has 2 rings (SSSR count). The quantitative estimate of drug-likeness (QED) is 0.560. The molecule has 0 heterocycles. The smallest absolute Gasteiger partial charge is 0.316 e. The van der Waals surface area contributed by atoms with Crippen molar-refractivity contribution in [1.82, 2.24) is 0 Å². The molecule has 0 bridgehead atoms. The average molecular weight is 373 g/mol. The fourth-order valence-corrected chi connectivity index (χ4v) is 3.15. The topological polar surface area (TPSA) is 64.6 Å². The molecule has 2 aromatic carbocycles. The van der Waals surface area contributed by atoms with E-state index >= 15 is 0 Å². The first kappa shape index (κ1) is 19.8. The Morgan fingerprint density at radius 1 is 1.12 bits per heavy atom. The van der Waals surface area contributed by atoms with Gasteiger partial charge in [-0.1, -0.05) is 29.8 Å². The van der Waals surface area contributed by atoms with Crippen LogP contribution < -0.4 is 10.1 Å². The van der Waals surface area contributed by atoms with Crippen LogP contribution in [0.25, 0.3) is 0 Å². The van der Waals surface area contributed by atoms with Crippen molar-refractivity contribution in [3.63, 3.8) is 0 Å². The predicted molar refractivity (Wildman–Crippen MR) is 104 cm³/mol. The van der Waals surface area contributed by atoms with E-state index in [1.165, 1.54) is 11.8 Å². The summed E-state index contributed by atoms with van der Waals surface area (Å²) in [6.07, 6.45) is 0. The number of hydrogen-bond donors (Lipinski definition) is 1. The Morgan fingerprint density at radius 3 is 2.65 bits per heavy atom. The van der Waals surface area contributed by atoms with Crippen molar-refractivity contribution in [2.24, 2.45) is 0 Å². The van der Waals surface area contributed by atoms with Gasteiger partial charge in [0.15, 0.2) is 6.61 Å². The van der Waals surface area contributed by atoms with Gasteiger partial charge in [-0.3, -0.25) is 9.59 Å². The van der Waals surface area contributed by atoms with Crippen LogP contribution in [0.2, 0.25) is 0 Å². The lowest BCUT2D eigenvalue weighted by Crippen LogP contribution is -2.22. The van der Waals surface area contributed by atoms with Gasteiger partial charge in [-0.25, -0.2) is 0 Å². The lowest BCUT2D eigenvalue weighted by Gasteiger charge is -2.11. The molecule has 5 nitrogen and oxygen atoms in total. The number of ether oxygens (including phenoxy) is 2. The van der Waals surface area contributed by atoms with Gasteiger partial charge in [0.2, 0.25) is 0 Å². The molecule has 0 spiro atoms. The third-order valence-electron chi connectivity index (χ3n) is 3.51. The fourth-order valence-electron chi connectivity index (χ4n) is 2.22. The van der Waals surface area contributed by atoms with E-state index in [0.29, 0.717) is 18.0 Å². The second kappa shape index (κ2) is 9.87. The van der Waals surface area contributed by atoms with E-state index < -0.39 is 11.9 Å². The zero-order valence-electron chi connectivity index (χ0n) is 15.2. The molecule has 26 heavy (non-hydrogen) atoms. The van der Waals surface area contributed by atoms with Gasteiger partial charge in [-0.05, 0) is 44.5 Å². The first-order valence-corrected chi connectivity index (χ1v) is 9.35. The zero-order chi connectivity index (χ0) is 18.9. The highest BCUT2D eigenvalue weighted by Crippen LogP contribution is 2.24. The minimum atomic E-state index is -0.427. The largest absolute Gasteiger partial charge is 0.492 e. The molecular formula is C20H23NO4S. The van der Waals surface area contributed by atoms with E-state index in [0.717, 1.165) is 16.0 Å². The summed E-state index contributed by atoms with van der Waals surface area (Å²) in [5, 5.41) is 2.69. The molecule has 0 unspecified atom stereocenters. The SMILES string of the molecule is CCOc1ccccc1NC(=O)COC(=O)CSc1cc(C)ccc1C. The summed E-state index contributed by atoms with van der Waals surface area (Å²) in [7, 11) is 0. The standard InChI is InChI=1S/C20H23NO4S/c1-4-24-17-8-6-5-7-16(17)21-19(22)12-25-20(23)13-26-18-11-14(2)9-10-15(18)3/h5-11H,4,12-13H2,1-3H3,(H,21,22). The Balaban J connectivity index is 1.80. The molecule has 0 fully saturated rings. The van der Waals surface area contributed by atoms with E-state index in [4.69, 9.17) is 9.47 Å². The monoisotopic (exact) mass is 373 g/mol. The molecule has 138 valence electrons. The molecule has 0 radical (unpaired) electrons. The van der Waals surface area contributed by atoms with Crippen molar-refractivity contribution < 1.29 is 19.1 Å². The van der Waals surface area contributed by atoms with E-state index in [9.17, 15) is 9.59 Å². The van der Waals surface area contributed by atoms with Crippen LogP contribution in [0.1, 0.15) is 18.1 Å². The van der Waals surface area contributed by atoms with E-state index in [1.54, 1.807) is 18.2 Å². The molecule has 0 saturated carbocycles. The lowest BCUT2D eigenvalue weighted by atomic mass is 10.2. The van der Waals surface area contributed by atoms with Crippen molar-refractivity contribution >= 4 is 29.3 Å². The van der Waals surface area contributed by atoms with Crippen LogP contribution in [-0.2, 0) is 14.3 Å². The predicted octanol–water partition coefficient (Wildman–Crippen LogP) is 3.98. The van der Waals surface area contributed by atoms with Gasteiger partial charge in [0, 0.05) is 4.90 Å².